The Hall–Kier alpha value is -2.86. The average molecular weight is 332 g/mol. The number of amides is 1. The molecule has 0 saturated carbocycles. The SMILES string of the molecule is COC(=O)[C@@]1(CC(=O)c2ccccn2)NC(=S)NC(=O)[C@@H]1C#N. The number of ether oxygens (including phenoxy) is 1. The molecule has 1 saturated heterocycles. The minimum atomic E-state index is -1.89. The van der Waals surface area contributed by atoms with Crippen molar-refractivity contribution in [3.63, 3.8) is 0 Å². The molecule has 2 rings (SSSR count). The van der Waals surface area contributed by atoms with Crippen molar-refractivity contribution in [2.45, 2.75) is 12.0 Å². The van der Waals surface area contributed by atoms with Gasteiger partial charge in [-0.3, -0.25) is 14.6 Å². The zero-order chi connectivity index (χ0) is 17.0. The predicted octanol–water partition coefficient (Wildman–Crippen LogP) is -0.290. The zero-order valence-corrected chi connectivity index (χ0v) is 12.8. The van der Waals surface area contributed by atoms with Gasteiger partial charge in [0.15, 0.2) is 22.4 Å². The molecule has 0 aromatic carbocycles. The van der Waals surface area contributed by atoms with Gasteiger partial charge in [0, 0.05) is 12.6 Å². The van der Waals surface area contributed by atoms with Crippen LogP contribution in [0.3, 0.4) is 0 Å². The lowest BCUT2D eigenvalue weighted by Crippen LogP contribution is -2.70. The van der Waals surface area contributed by atoms with E-state index in [4.69, 9.17) is 17.0 Å². The molecule has 1 aliphatic rings. The monoisotopic (exact) mass is 332 g/mol. The molecule has 0 aliphatic carbocycles. The molecule has 0 spiro atoms. The van der Waals surface area contributed by atoms with Crippen LogP contribution in [0.25, 0.3) is 0 Å². The van der Waals surface area contributed by atoms with Gasteiger partial charge in [0.05, 0.1) is 13.2 Å². The molecule has 0 unspecified atom stereocenters. The first kappa shape index (κ1) is 16.5. The number of thiocarbonyl (C=S) groups is 1. The van der Waals surface area contributed by atoms with Crippen LogP contribution < -0.4 is 10.6 Å². The number of methoxy groups -OCH3 is 1. The predicted molar refractivity (Wildman–Crippen MR) is 80.9 cm³/mol. The van der Waals surface area contributed by atoms with E-state index in [-0.39, 0.29) is 10.8 Å². The number of hydrogen-bond acceptors (Lipinski definition) is 7. The Morgan fingerprint density at radius 3 is 2.83 bits per heavy atom. The molecule has 9 heteroatoms. The molecule has 2 atom stereocenters. The van der Waals surface area contributed by atoms with Gasteiger partial charge in [0.1, 0.15) is 5.69 Å². The first-order valence-electron chi connectivity index (χ1n) is 6.50. The first-order chi connectivity index (χ1) is 10.9. The largest absolute Gasteiger partial charge is 0.467 e. The fraction of sp³-hybridized carbons (Fsp3) is 0.286. The van der Waals surface area contributed by atoms with Crippen LogP contribution in [0.15, 0.2) is 24.4 Å². The highest BCUT2D eigenvalue weighted by Crippen LogP contribution is 2.28. The Kier molecular flexibility index (Phi) is 4.66. The van der Waals surface area contributed by atoms with Gasteiger partial charge in [-0.2, -0.15) is 5.26 Å². The normalized spacial score (nSPS) is 23.2. The minimum absolute atomic E-state index is 0.103. The summed E-state index contributed by atoms with van der Waals surface area (Å²) in [7, 11) is 1.10. The van der Waals surface area contributed by atoms with Crippen LogP contribution in [-0.4, -0.2) is 40.4 Å². The summed E-state index contributed by atoms with van der Waals surface area (Å²) in [6.45, 7) is 0. The molecular formula is C14H12N4O4S. The third kappa shape index (κ3) is 3.02. The summed E-state index contributed by atoms with van der Waals surface area (Å²) in [6.07, 6.45) is 0.925. The van der Waals surface area contributed by atoms with E-state index in [2.05, 4.69) is 15.6 Å². The maximum Gasteiger partial charge on any atom is 0.334 e. The van der Waals surface area contributed by atoms with E-state index in [0.29, 0.717) is 0 Å². The third-order valence-corrected chi connectivity index (χ3v) is 3.60. The van der Waals surface area contributed by atoms with Gasteiger partial charge in [0.25, 0.3) is 0 Å². The molecule has 1 amide bonds. The van der Waals surface area contributed by atoms with Crippen LogP contribution in [0.1, 0.15) is 16.9 Å². The van der Waals surface area contributed by atoms with Crippen molar-refractivity contribution in [2.24, 2.45) is 5.92 Å². The molecule has 1 aromatic heterocycles. The van der Waals surface area contributed by atoms with Crippen molar-refractivity contribution >= 4 is 35.0 Å². The number of carbonyl (C=O) groups excluding carboxylic acids is 3. The summed E-state index contributed by atoms with van der Waals surface area (Å²) in [5.41, 5.74) is -1.79. The Labute approximate surface area is 136 Å². The van der Waals surface area contributed by atoms with Gasteiger partial charge in [-0.15, -0.1) is 0 Å². The number of ketones is 1. The van der Waals surface area contributed by atoms with Crippen LogP contribution >= 0.6 is 12.2 Å². The number of aromatic nitrogens is 1. The Bertz CT molecular complexity index is 715. The van der Waals surface area contributed by atoms with E-state index in [1.807, 2.05) is 0 Å². The van der Waals surface area contributed by atoms with Crippen molar-refractivity contribution in [1.29, 1.82) is 5.26 Å². The lowest BCUT2D eigenvalue weighted by molar-refractivity contribution is -0.152. The molecule has 1 aliphatic heterocycles. The second-order valence-corrected chi connectivity index (χ2v) is 5.19. The van der Waals surface area contributed by atoms with Crippen molar-refractivity contribution < 1.29 is 19.1 Å². The molecule has 0 radical (unpaired) electrons. The third-order valence-electron chi connectivity index (χ3n) is 3.40. The van der Waals surface area contributed by atoms with Crippen LogP contribution in [0.5, 0.6) is 0 Å². The van der Waals surface area contributed by atoms with Crippen molar-refractivity contribution in [1.82, 2.24) is 15.6 Å². The van der Waals surface area contributed by atoms with E-state index in [0.717, 1.165) is 7.11 Å². The molecule has 1 aromatic rings. The average Bonchev–Trinajstić information content (AvgIpc) is 2.54. The number of nitrogens with zero attached hydrogens (tertiary/aromatic N) is 2. The van der Waals surface area contributed by atoms with Crippen molar-refractivity contribution in [3.8, 4) is 6.07 Å². The number of Topliss-reactive ketones (excluding diaryl/α,β-unsaturated/α-hetero) is 1. The fourth-order valence-corrected chi connectivity index (χ4v) is 2.61. The first-order valence-corrected chi connectivity index (χ1v) is 6.90. The zero-order valence-electron chi connectivity index (χ0n) is 12.0. The number of nitriles is 1. The Morgan fingerprint density at radius 2 is 2.26 bits per heavy atom. The maximum atomic E-state index is 12.4. The van der Waals surface area contributed by atoms with E-state index < -0.39 is 35.5 Å². The highest BCUT2D eigenvalue weighted by molar-refractivity contribution is 7.80. The molecule has 2 heterocycles. The van der Waals surface area contributed by atoms with Crippen LogP contribution in [0, 0.1) is 17.2 Å². The van der Waals surface area contributed by atoms with E-state index in [1.165, 1.54) is 12.3 Å². The molecule has 0 bridgehead atoms. The van der Waals surface area contributed by atoms with E-state index >= 15 is 0 Å². The molecule has 23 heavy (non-hydrogen) atoms. The van der Waals surface area contributed by atoms with E-state index in [9.17, 15) is 19.6 Å². The topological polar surface area (TPSA) is 121 Å². The number of nitrogens with one attached hydrogen (secondary N) is 2. The summed E-state index contributed by atoms with van der Waals surface area (Å²) in [5.74, 6) is -3.70. The smallest absolute Gasteiger partial charge is 0.334 e. The number of hydrogen-bond donors (Lipinski definition) is 2. The summed E-state index contributed by atoms with van der Waals surface area (Å²) in [5, 5.41) is 13.9. The second-order valence-electron chi connectivity index (χ2n) is 4.78. The molecular weight excluding hydrogens is 320 g/mol. The molecule has 2 N–H and O–H groups in total. The second kappa shape index (κ2) is 6.50. The van der Waals surface area contributed by atoms with Gasteiger partial charge in [-0.05, 0) is 24.4 Å². The fourth-order valence-electron chi connectivity index (χ4n) is 2.32. The van der Waals surface area contributed by atoms with Crippen molar-refractivity contribution in [3.05, 3.63) is 30.1 Å². The van der Waals surface area contributed by atoms with Gasteiger partial charge in [0.2, 0.25) is 5.91 Å². The van der Waals surface area contributed by atoms with Crippen molar-refractivity contribution in [2.75, 3.05) is 7.11 Å². The van der Waals surface area contributed by atoms with Gasteiger partial charge < -0.3 is 15.4 Å². The highest BCUT2D eigenvalue weighted by atomic mass is 32.1. The summed E-state index contributed by atoms with van der Waals surface area (Å²) < 4.78 is 4.69. The summed E-state index contributed by atoms with van der Waals surface area (Å²) in [4.78, 5) is 40.6. The lowest BCUT2D eigenvalue weighted by atomic mass is 9.78. The number of pyridine rings is 1. The Morgan fingerprint density at radius 1 is 1.52 bits per heavy atom. The van der Waals surface area contributed by atoms with Crippen LogP contribution in [0.2, 0.25) is 0 Å². The van der Waals surface area contributed by atoms with Gasteiger partial charge >= 0.3 is 5.97 Å². The lowest BCUT2D eigenvalue weighted by Gasteiger charge is -2.38. The maximum absolute atomic E-state index is 12.4. The molecule has 118 valence electrons. The Balaban J connectivity index is 2.45. The van der Waals surface area contributed by atoms with Gasteiger partial charge in [-0.25, -0.2) is 4.79 Å². The van der Waals surface area contributed by atoms with Crippen LogP contribution in [-0.2, 0) is 14.3 Å². The molecule has 8 nitrogen and oxygen atoms in total. The quantitative estimate of drug-likeness (QED) is 0.438. The standard InChI is InChI=1S/C14H12N4O4S/c1-22-12(21)14(6-10(19)9-4-2-3-5-16-9)8(7-15)11(20)17-13(23)18-14/h2-5,8H,6H2,1H3,(H2,17,18,20,23)/t8-,14-/m0/s1. The van der Waals surface area contributed by atoms with Gasteiger partial charge in [-0.1, -0.05) is 6.07 Å². The highest BCUT2D eigenvalue weighted by Gasteiger charge is 2.55. The summed E-state index contributed by atoms with van der Waals surface area (Å²) in [6, 6.07) is 6.44. The molecule has 1 fully saturated rings. The summed E-state index contributed by atoms with van der Waals surface area (Å²) >= 11 is 4.88. The number of carbonyl (C=O) groups is 3. The van der Waals surface area contributed by atoms with Crippen LogP contribution in [0.4, 0.5) is 0 Å². The minimum Gasteiger partial charge on any atom is -0.467 e. The van der Waals surface area contributed by atoms with E-state index in [1.54, 1.807) is 18.2 Å². The number of rotatable bonds is 4. The number of esters is 1.